The summed E-state index contributed by atoms with van der Waals surface area (Å²) in [6.45, 7) is 1.91. The van der Waals surface area contributed by atoms with Gasteiger partial charge in [0.05, 0.1) is 16.8 Å². The average Bonchev–Trinajstić information content (AvgIpc) is 2.86. The zero-order valence-electron chi connectivity index (χ0n) is 19.3. The molecule has 0 radical (unpaired) electrons. The minimum absolute atomic E-state index is 0.0222. The minimum atomic E-state index is -2.68. The van der Waals surface area contributed by atoms with Crippen LogP contribution in [0.5, 0.6) is 0 Å². The first kappa shape index (κ1) is 25.9. The molecule has 192 valence electrons. The lowest BCUT2D eigenvalue weighted by Gasteiger charge is -2.29. The summed E-state index contributed by atoms with van der Waals surface area (Å²) >= 11 is 1.12. The van der Waals surface area contributed by atoms with Gasteiger partial charge >= 0.3 is 0 Å². The topological polar surface area (TPSA) is 78.9 Å². The number of aromatic nitrogens is 2. The fraction of sp³-hybridized carbons (Fsp3) is 0.375. The quantitative estimate of drug-likeness (QED) is 0.131. The summed E-state index contributed by atoms with van der Waals surface area (Å²) < 4.78 is 73.1. The van der Waals surface area contributed by atoms with E-state index in [-0.39, 0.29) is 48.5 Å². The molecule has 1 aliphatic carbocycles. The van der Waals surface area contributed by atoms with Crippen LogP contribution in [0.3, 0.4) is 0 Å². The van der Waals surface area contributed by atoms with E-state index in [4.69, 9.17) is 0 Å². The van der Waals surface area contributed by atoms with Crippen LogP contribution in [0.4, 0.5) is 39.1 Å². The molecular weight excluding hydrogens is 501 g/mol. The standard InChI is InChI=1S/C24H24F5N5OS/c1-2-10-36-34-17-11-16(25)18(26)21(19(17)27)33-23(35)15-5-3-4-14-20(15)30-12-31-22(14)32-13-6-8-24(28,29)9-7-13/h3-5,11-13,34H,2,6-10H2,1H3,(H,33,35)(H,30,31,32). The SMILES string of the molecule is CCCSNc1cc(F)c(F)c(NC(=O)c2cccc3c(NC4CCC(F)(F)CC4)ncnc23)c1F. The monoisotopic (exact) mass is 525 g/mol. The van der Waals surface area contributed by atoms with Crippen LogP contribution in [-0.2, 0) is 0 Å². The maximum Gasteiger partial charge on any atom is 0.258 e. The van der Waals surface area contributed by atoms with Gasteiger partial charge in [0.1, 0.15) is 17.8 Å². The second kappa shape index (κ2) is 10.9. The highest BCUT2D eigenvalue weighted by Gasteiger charge is 2.35. The van der Waals surface area contributed by atoms with E-state index in [9.17, 15) is 26.7 Å². The Labute approximate surface area is 208 Å². The van der Waals surface area contributed by atoms with Crippen LogP contribution in [0.2, 0.25) is 0 Å². The van der Waals surface area contributed by atoms with Crippen LogP contribution in [0.1, 0.15) is 49.4 Å². The molecule has 0 aliphatic heterocycles. The molecule has 6 nitrogen and oxygen atoms in total. The van der Waals surface area contributed by atoms with Crippen molar-refractivity contribution in [3.8, 4) is 0 Å². The van der Waals surface area contributed by atoms with Gasteiger partial charge in [0.15, 0.2) is 17.5 Å². The number of amides is 1. The molecule has 0 spiro atoms. The fourth-order valence-electron chi connectivity index (χ4n) is 3.96. The summed E-state index contributed by atoms with van der Waals surface area (Å²) in [6.07, 6.45) is 2.02. The molecule has 0 bridgehead atoms. The Hall–Kier alpha value is -3.15. The first-order chi connectivity index (χ1) is 17.2. The smallest absolute Gasteiger partial charge is 0.258 e. The molecule has 4 rings (SSSR count). The Balaban J connectivity index is 1.60. The van der Waals surface area contributed by atoms with E-state index >= 15 is 0 Å². The van der Waals surface area contributed by atoms with E-state index in [1.165, 1.54) is 18.5 Å². The number of alkyl halides is 2. The van der Waals surface area contributed by atoms with Gasteiger partial charge in [-0.15, -0.1) is 0 Å². The number of fused-ring (bicyclic) bond motifs is 1. The van der Waals surface area contributed by atoms with Crippen LogP contribution in [0, 0.1) is 17.5 Å². The zero-order valence-corrected chi connectivity index (χ0v) is 20.1. The number of benzene rings is 2. The largest absolute Gasteiger partial charge is 0.367 e. The predicted molar refractivity (Wildman–Crippen MR) is 131 cm³/mol. The Morgan fingerprint density at radius 1 is 1.14 bits per heavy atom. The summed E-state index contributed by atoms with van der Waals surface area (Å²) in [5.41, 5.74) is -1.06. The molecule has 0 atom stereocenters. The lowest BCUT2D eigenvalue weighted by Crippen LogP contribution is -2.32. The Morgan fingerprint density at radius 2 is 1.89 bits per heavy atom. The van der Waals surface area contributed by atoms with Gasteiger partial charge in [-0.3, -0.25) is 4.79 Å². The van der Waals surface area contributed by atoms with Crippen molar-refractivity contribution in [3.63, 3.8) is 0 Å². The highest BCUT2D eigenvalue weighted by Crippen LogP contribution is 2.35. The molecule has 1 aromatic heterocycles. The van der Waals surface area contributed by atoms with Crippen LogP contribution in [0.25, 0.3) is 10.9 Å². The number of carbonyl (C=O) groups is 1. The van der Waals surface area contributed by atoms with Gasteiger partial charge in [-0.05, 0) is 31.4 Å². The van der Waals surface area contributed by atoms with E-state index in [1.807, 2.05) is 6.92 Å². The molecule has 2 aromatic carbocycles. The summed E-state index contributed by atoms with van der Waals surface area (Å²) in [6, 6.07) is 5.04. The summed E-state index contributed by atoms with van der Waals surface area (Å²) in [4.78, 5) is 21.4. The molecule has 0 unspecified atom stereocenters. The molecule has 1 saturated carbocycles. The highest BCUT2D eigenvalue weighted by atomic mass is 32.2. The van der Waals surface area contributed by atoms with E-state index in [2.05, 4.69) is 25.3 Å². The van der Waals surface area contributed by atoms with E-state index in [0.29, 0.717) is 23.0 Å². The van der Waals surface area contributed by atoms with Crippen molar-refractivity contribution in [2.24, 2.45) is 0 Å². The molecule has 36 heavy (non-hydrogen) atoms. The molecule has 1 fully saturated rings. The van der Waals surface area contributed by atoms with Gasteiger partial charge in [-0.25, -0.2) is 31.9 Å². The van der Waals surface area contributed by atoms with Crippen molar-refractivity contribution >= 4 is 46.0 Å². The Morgan fingerprint density at radius 3 is 2.61 bits per heavy atom. The number of rotatable bonds is 8. The van der Waals surface area contributed by atoms with Gasteiger partial charge in [0.2, 0.25) is 5.92 Å². The number of halogens is 5. The van der Waals surface area contributed by atoms with Gasteiger partial charge in [0.25, 0.3) is 5.91 Å². The number of nitrogens with zero attached hydrogens (tertiary/aromatic N) is 2. The molecule has 3 N–H and O–H groups in total. The lowest BCUT2D eigenvalue weighted by molar-refractivity contribution is -0.0361. The molecule has 1 amide bonds. The third-order valence-corrected chi connectivity index (χ3v) is 6.83. The van der Waals surface area contributed by atoms with E-state index < -0.39 is 35.0 Å². The van der Waals surface area contributed by atoms with Crippen LogP contribution >= 0.6 is 11.9 Å². The second-order valence-corrected chi connectivity index (χ2v) is 9.41. The zero-order chi connectivity index (χ0) is 25.9. The van der Waals surface area contributed by atoms with Gasteiger partial charge < -0.3 is 15.4 Å². The molecule has 12 heteroatoms. The highest BCUT2D eigenvalue weighted by molar-refractivity contribution is 8.00. The van der Waals surface area contributed by atoms with Gasteiger partial charge in [-0.1, -0.05) is 24.9 Å². The molecular formula is C24H24F5N5OS. The van der Waals surface area contributed by atoms with E-state index in [1.54, 1.807) is 6.07 Å². The Bertz CT molecular complexity index is 1270. The second-order valence-electron chi connectivity index (χ2n) is 8.51. The van der Waals surface area contributed by atoms with Crippen molar-refractivity contribution in [2.45, 2.75) is 51.0 Å². The number of para-hydroxylation sites is 1. The van der Waals surface area contributed by atoms with Crippen molar-refractivity contribution in [1.82, 2.24) is 9.97 Å². The van der Waals surface area contributed by atoms with Gasteiger partial charge in [-0.2, -0.15) is 0 Å². The van der Waals surface area contributed by atoms with Crippen molar-refractivity contribution in [1.29, 1.82) is 0 Å². The molecule has 1 aliphatic rings. The number of anilines is 3. The van der Waals surface area contributed by atoms with Crippen LogP contribution < -0.4 is 15.4 Å². The normalized spacial score (nSPS) is 15.6. The minimum Gasteiger partial charge on any atom is -0.367 e. The predicted octanol–water partition coefficient (Wildman–Crippen LogP) is 6.76. The fourth-order valence-corrected chi connectivity index (χ4v) is 4.57. The summed E-state index contributed by atoms with van der Waals surface area (Å²) in [7, 11) is 0. The molecule has 1 heterocycles. The van der Waals surface area contributed by atoms with E-state index in [0.717, 1.165) is 18.4 Å². The molecule has 0 saturated heterocycles. The number of hydrogen-bond donors (Lipinski definition) is 3. The summed E-state index contributed by atoms with van der Waals surface area (Å²) in [5.74, 6) is -6.62. The van der Waals surface area contributed by atoms with Gasteiger partial charge in [0, 0.05) is 36.1 Å². The average molecular weight is 526 g/mol. The number of nitrogens with one attached hydrogen (secondary N) is 3. The summed E-state index contributed by atoms with van der Waals surface area (Å²) in [5, 5.41) is 5.70. The van der Waals surface area contributed by atoms with Crippen molar-refractivity contribution < 1.29 is 26.7 Å². The number of carbonyl (C=O) groups excluding carboxylic acids is 1. The van der Waals surface area contributed by atoms with Crippen molar-refractivity contribution in [3.05, 3.63) is 53.6 Å². The maximum atomic E-state index is 14.9. The lowest BCUT2D eigenvalue weighted by atomic mass is 9.92. The Kier molecular flexibility index (Phi) is 7.82. The molecule has 3 aromatic rings. The number of hydrogen-bond acceptors (Lipinski definition) is 6. The van der Waals surface area contributed by atoms with Crippen LogP contribution in [0.15, 0.2) is 30.6 Å². The maximum absolute atomic E-state index is 14.9. The third kappa shape index (κ3) is 5.63. The first-order valence-electron chi connectivity index (χ1n) is 11.4. The third-order valence-electron chi connectivity index (χ3n) is 5.85. The first-order valence-corrected chi connectivity index (χ1v) is 12.4. The van der Waals surface area contributed by atoms with Crippen molar-refractivity contribution in [2.75, 3.05) is 21.1 Å². The van der Waals surface area contributed by atoms with Crippen LogP contribution in [-0.4, -0.2) is 33.6 Å².